The zero-order chi connectivity index (χ0) is 9.49. The minimum Gasteiger partial charge on any atom is -0.469 e. The van der Waals surface area contributed by atoms with Gasteiger partial charge in [0.05, 0.1) is 0 Å². The minimum absolute atomic E-state index is 0.472. The van der Waals surface area contributed by atoms with Crippen molar-refractivity contribution in [1.29, 1.82) is 0 Å². The lowest BCUT2D eigenvalue weighted by Gasteiger charge is -2.12. The van der Waals surface area contributed by atoms with Crippen LogP contribution in [0.2, 0.25) is 0 Å². The van der Waals surface area contributed by atoms with Gasteiger partial charge in [-0.15, -0.1) is 23.2 Å². The summed E-state index contributed by atoms with van der Waals surface area (Å²) in [6, 6.07) is 0. The van der Waals surface area contributed by atoms with Gasteiger partial charge in [0.2, 0.25) is 0 Å². The van der Waals surface area contributed by atoms with Crippen LogP contribution >= 0.6 is 34.8 Å². The number of carbonyl (C=O) groups is 1. The summed E-state index contributed by atoms with van der Waals surface area (Å²) in [5.41, 5.74) is -1.36. The third-order valence-electron chi connectivity index (χ3n) is 1.03. The van der Waals surface area contributed by atoms with Crippen LogP contribution in [0.25, 0.3) is 0 Å². The number of hydrogen-bond acceptors (Lipinski definition) is 1. The zero-order valence-electron chi connectivity index (χ0n) is 6.40. The van der Waals surface area contributed by atoms with E-state index in [-0.39, 0.29) is 0 Å². The first-order valence-electron chi connectivity index (χ1n) is 3.12. The molecule has 5 heteroatoms. The molecule has 0 fully saturated rings. The van der Waals surface area contributed by atoms with Gasteiger partial charge in [0.25, 0.3) is 0 Å². The number of rotatable bonds is 2. The van der Waals surface area contributed by atoms with E-state index in [2.05, 4.69) is 11.6 Å². The molecular formula is C6H11Cl3O2. The molecule has 0 bridgehead atoms. The Bertz CT molecular complexity index is 104. The second-order valence-corrected chi connectivity index (χ2v) is 3.78. The zero-order valence-corrected chi connectivity index (χ0v) is 8.67. The maximum absolute atomic E-state index is 8.77. The van der Waals surface area contributed by atoms with Gasteiger partial charge in [-0.1, -0.05) is 13.8 Å². The largest absolute Gasteiger partial charge is 0.469 e. The van der Waals surface area contributed by atoms with Crippen molar-refractivity contribution >= 4 is 40.2 Å². The Hall–Kier alpha value is 0.340. The summed E-state index contributed by atoms with van der Waals surface area (Å²) in [5, 5.41) is 7.18. The van der Waals surface area contributed by atoms with Gasteiger partial charge in [0.1, 0.15) is 4.33 Å². The molecule has 0 aromatic heterocycles. The van der Waals surface area contributed by atoms with Crippen molar-refractivity contribution in [3.8, 4) is 0 Å². The van der Waals surface area contributed by atoms with E-state index >= 15 is 0 Å². The van der Waals surface area contributed by atoms with Gasteiger partial charge in [-0.2, -0.15) is 0 Å². The molecule has 2 nitrogen and oxygen atoms in total. The average molecular weight is 222 g/mol. The van der Waals surface area contributed by atoms with Crippen molar-refractivity contribution < 1.29 is 9.90 Å². The highest BCUT2D eigenvalue weighted by Crippen LogP contribution is 2.27. The molecule has 0 aliphatic rings. The highest BCUT2D eigenvalue weighted by molar-refractivity contribution is 6.60. The summed E-state index contributed by atoms with van der Waals surface area (Å²) in [6.07, 6.45) is 1.65. The summed E-state index contributed by atoms with van der Waals surface area (Å²) >= 11 is 15.5. The van der Waals surface area contributed by atoms with E-state index in [9.17, 15) is 0 Å². The predicted molar refractivity (Wildman–Crippen MR) is 48.9 cm³/mol. The fourth-order valence-electron chi connectivity index (χ4n) is 0.250. The number of carboxylic acid groups (broad SMARTS) is 1. The molecule has 11 heavy (non-hydrogen) atoms. The molecule has 0 aromatic carbocycles. The lowest BCUT2D eigenvalue weighted by atomic mass is 10.3. The lowest BCUT2D eigenvalue weighted by molar-refractivity contribution is 0.220. The quantitative estimate of drug-likeness (QED) is 0.567. The van der Waals surface area contributed by atoms with Gasteiger partial charge >= 0.3 is 5.43 Å². The van der Waals surface area contributed by atoms with Crippen LogP contribution in [0.1, 0.15) is 26.7 Å². The fraction of sp³-hybridized carbons (Fsp3) is 0.833. The molecule has 0 rings (SSSR count). The van der Waals surface area contributed by atoms with Crippen LogP contribution in [0, 0.1) is 0 Å². The molecule has 0 spiro atoms. The number of hydrogen-bond donors (Lipinski definition) is 1. The Morgan fingerprint density at radius 3 is 1.55 bits per heavy atom. The van der Waals surface area contributed by atoms with Crippen LogP contribution in [0.5, 0.6) is 0 Å². The number of alkyl halides is 2. The van der Waals surface area contributed by atoms with Crippen molar-refractivity contribution in [3.05, 3.63) is 0 Å². The summed E-state index contributed by atoms with van der Waals surface area (Å²) in [5.74, 6) is 0. The highest BCUT2D eigenvalue weighted by Gasteiger charge is 2.16. The summed E-state index contributed by atoms with van der Waals surface area (Å²) in [6.45, 7) is 3.95. The van der Waals surface area contributed by atoms with Gasteiger partial charge in [-0.3, -0.25) is 0 Å². The topological polar surface area (TPSA) is 37.3 Å². The third kappa shape index (κ3) is 17.9. The first kappa shape index (κ1) is 13.9. The molecule has 0 aromatic rings. The monoisotopic (exact) mass is 220 g/mol. The van der Waals surface area contributed by atoms with Crippen molar-refractivity contribution in [2.75, 3.05) is 0 Å². The molecule has 0 aliphatic heterocycles. The maximum Gasteiger partial charge on any atom is 0.401 e. The molecule has 68 valence electrons. The fourth-order valence-corrected chi connectivity index (χ4v) is 0.250. The van der Waals surface area contributed by atoms with Crippen LogP contribution in [0.15, 0.2) is 0 Å². The van der Waals surface area contributed by atoms with E-state index in [1.807, 2.05) is 13.8 Å². The van der Waals surface area contributed by atoms with Gasteiger partial charge in [-0.25, -0.2) is 4.79 Å². The van der Waals surface area contributed by atoms with E-state index in [1.165, 1.54) is 0 Å². The molecule has 0 heterocycles. The Labute approximate surface area is 81.4 Å². The minimum atomic E-state index is -1.36. The SMILES string of the molecule is CCC(Cl)(Cl)CC.O=C(O)Cl. The number of halogens is 3. The Balaban J connectivity index is 0. The molecule has 0 atom stereocenters. The molecule has 0 amide bonds. The lowest BCUT2D eigenvalue weighted by Crippen LogP contribution is -2.07. The Kier molecular flexibility index (Phi) is 8.86. The Morgan fingerprint density at radius 2 is 1.55 bits per heavy atom. The van der Waals surface area contributed by atoms with Gasteiger partial charge in [0, 0.05) is 11.6 Å². The second kappa shape index (κ2) is 7.01. The predicted octanol–water partition coefficient (Wildman–Crippen LogP) is 3.88. The van der Waals surface area contributed by atoms with E-state index in [4.69, 9.17) is 33.1 Å². The summed E-state index contributed by atoms with van der Waals surface area (Å²) in [4.78, 5) is 8.77. The molecule has 0 radical (unpaired) electrons. The van der Waals surface area contributed by atoms with Crippen molar-refractivity contribution in [2.24, 2.45) is 0 Å². The van der Waals surface area contributed by atoms with Gasteiger partial charge < -0.3 is 5.11 Å². The molecule has 0 aliphatic carbocycles. The highest BCUT2D eigenvalue weighted by atomic mass is 35.5. The normalized spacial score (nSPS) is 9.91. The van der Waals surface area contributed by atoms with E-state index < -0.39 is 9.76 Å². The van der Waals surface area contributed by atoms with E-state index in [1.54, 1.807) is 0 Å². The molecule has 1 N–H and O–H groups in total. The molecule has 0 unspecified atom stereocenters. The van der Waals surface area contributed by atoms with Gasteiger partial charge in [-0.05, 0) is 12.8 Å². The molecular weight excluding hydrogens is 210 g/mol. The second-order valence-electron chi connectivity index (χ2n) is 1.82. The average Bonchev–Trinajstić information content (AvgIpc) is 1.87. The van der Waals surface area contributed by atoms with Crippen molar-refractivity contribution in [1.82, 2.24) is 0 Å². The van der Waals surface area contributed by atoms with E-state index in [0.717, 1.165) is 12.8 Å². The first-order chi connectivity index (χ1) is 4.85. The van der Waals surface area contributed by atoms with Crippen molar-refractivity contribution in [3.63, 3.8) is 0 Å². The van der Waals surface area contributed by atoms with Crippen LogP contribution < -0.4 is 0 Å². The standard InChI is InChI=1S/C5H10Cl2.CHClO2/c1-3-5(6,7)4-2;2-1(3)4/h3-4H2,1-2H3;(H,3,4). The smallest absolute Gasteiger partial charge is 0.401 e. The van der Waals surface area contributed by atoms with Crippen LogP contribution in [-0.4, -0.2) is 14.9 Å². The summed E-state index contributed by atoms with van der Waals surface area (Å²) in [7, 11) is 0. The van der Waals surface area contributed by atoms with Crippen LogP contribution in [0.4, 0.5) is 4.79 Å². The van der Waals surface area contributed by atoms with Crippen molar-refractivity contribution in [2.45, 2.75) is 31.0 Å². The molecule has 0 saturated carbocycles. The summed E-state index contributed by atoms with van der Waals surface area (Å²) < 4.78 is -0.472. The van der Waals surface area contributed by atoms with E-state index in [0.29, 0.717) is 0 Å². The third-order valence-corrected chi connectivity index (χ3v) is 2.10. The maximum atomic E-state index is 8.77. The molecule has 0 saturated heterocycles. The van der Waals surface area contributed by atoms with Crippen LogP contribution in [-0.2, 0) is 0 Å². The van der Waals surface area contributed by atoms with Gasteiger partial charge in [0.15, 0.2) is 0 Å². The first-order valence-corrected chi connectivity index (χ1v) is 4.25. The Morgan fingerprint density at radius 1 is 1.36 bits per heavy atom. The van der Waals surface area contributed by atoms with Crippen LogP contribution in [0.3, 0.4) is 0 Å².